The van der Waals surface area contributed by atoms with Gasteiger partial charge in [-0.1, -0.05) is 0 Å². The van der Waals surface area contributed by atoms with Crippen molar-refractivity contribution in [1.82, 2.24) is 15.5 Å². The molecule has 4 N–H and O–H groups in total. The van der Waals surface area contributed by atoms with E-state index in [9.17, 15) is 14.4 Å². The Bertz CT molecular complexity index is 510. The minimum absolute atomic E-state index is 0.179. The maximum atomic E-state index is 12.0. The van der Waals surface area contributed by atoms with E-state index >= 15 is 0 Å². The molecule has 0 aromatic carbocycles. The third-order valence-electron chi connectivity index (χ3n) is 4.15. The predicted molar refractivity (Wildman–Crippen MR) is 83.2 cm³/mol. The van der Waals surface area contributed by atoms with Gasteiger partial charge in [0, 0.05) is 18.7 Å². The standard InChI is InChI=1S/C15H24N4O4/c1-2-23-14(21)11-8-17-15(22)18-12(11)9-19-5-3-10(4-6-19)7-13(16)20/h10H,2-9H2,1H3,(H2,16,20)(H2,17,18,22). The molecule has 0 aromatic heterocycles. The number of hydrogen-bond acceptors (Lipinski definition) is 5. The van der Waals surface area contributed by atoms with E-state index in [0.717, 1.165) is 25.9 Å². The van der Waals surface area contributed by atoms with Crippen molar-refractivity contribution < 1.29 is 19.1 Å². The number of piperidine rings is 1. The maximum absolute atomic E-state index is 12.0. The molecule has 2 heterocycles. The van der Waals surface area contributed by atoms with Gasteiger partial charge < -0.3 is 21.1 Å². The normalized spacial score (nSPS) is 20.0. The summed E-state index contributed by atoms with van der Waals surface area (Å²) >= 11 is 0. The van der Waals surface area contributed by atoms with Gasteiger partial charge in [-0.15, -0.1) is 0 Å². The van der Waals surface area contributed by atoms with Crippen LogP contribution in [-0.2, 0) is 14.3 Å². The zero-order valence-electron chi connectivity index (χ0n) is 13.4. The smallest absolute Gasteiger partial charge is 0.337 e. The lowest BCUT2D eigenvalue weighted by atomic mass is 9.93. The van der Waals surface area contributed by atoms with E-state index in [4.69, 9.17) is 10.5 Å². The first kappa shape index (κ1) is 17.3. The number of likely N-dealkylation sites (tertiary alicyclic amines) is 1. The zero-order valence-corrected chi connectivity index (χ0v) is 13.4. The number of nitrogens with zero attached hydrogens (tertiary/aromatic N) is 1. The van der Waals surface area contributed by atoms with Gasteiger partial charge in [0.25, 0.3) is 0 Å². The highest BCUT2D eigenvalue weighted by atomic mass is 16.5. The van der Waals surface area contributed by atoms with Crippen molar-refractivity contribution in [3.8, 4) is 0 Å². The molecule has 0 aromatic rings. The molecule has 128 valence electrons. The fraction of sp³-hybridized carbons (Fsp3) is 0.667. The van der Waals surface area contributed by atoms with Crippen LogP contribution in [-0.4, -0.2) is 55.6 Å². The molecule has 2 rings (SSSR count). The lowest BCUT2D eigenvalue weighted by molar-refractivity contribution is -0.138. The summed E-state index contributed by atoms with van der Waals surface area (Å²) in [7, 11) is 0. The monoisotopic (exact) mass is 324 g/mol. The Morgan fingerprint density at radius 2 is 2.04 bits per heavy atom. The van der Waals surface area contributed by atoms with E-state index in [1.165, 1.54) is 0 Å². The second kappa shape index (κ2) is 7.96. The fourth-order valence-electron chi connectivity index (χ4n) is 2.94. The number of carbonyl (C=O) groups excluding carboxylic acids is 3. The third kappa shape index (κ3) is 4.95. The van der Waals surface area contributed by atoms with Crippen molar-refractivity contribution in [2.75, 3.05) is 32.8 Å². The van der Waals surface area contributed by atoms with Crippen molar-refractivity contribution in [2.45, 2.75) is 26.2 Å². The summed E-state index contributed by atoms with van der Waals surface area (Å²) < 4.78 is 5.04. The van der Waals surface area contributed by atoms with Crippen molar-refractivity contribution >= 4 is 17.9 Å². The van der Waals surface area contributed by atoms with Gasteiger partial charge in [0.15, 0.2) is 0 Å². The van der Waals surface area contributed by atoms with Crippen LogP contribution < -0.4 is 16.4 Å². The Kier molecular flexibility index (Phi) is 5.97. The maximum Gasteiger partial charge on any atom is 0.337 e. The van der Waals surface area contributed by atoms with Crippen LogP contribution in [0.2, 0.25) is 0 Å². The number of esters is 1. The molecule has 23 heavy (non-hydrogen) atoms. The van der Waals surface area contributed by atoms with Gasteiger partial charge in [-0.25, -0.2) is 9.59 Å². The minimum atomic E-state index is -0.404. The number of carbonyl (C=O) groups is 3. The van der Waals surface area contributed by atoms with Crippen molar-refractivity contribution in [2.24, 2.45) is 11.7 Å². The first-order valence-corrected chi connectivity index (χ1v) is 7.94. The third-order valence-corrected chi connectivity index (χ3v) is 4.15. The van der Waals surface area contributed by atoms with Crippen LogP contribution in [0.5, 0.6) is 0 Å². The van der Waals surface area contributed by atoms with Crippen LogP contribution in [0.15, 0.2) is 11.3 Å². The molecule has 0 aliphatic carbocycles. The number of hydrogen-bond donors (Lipinski definition) is 3. The van der Waals surface area contributed by atoms with E-state index in [-0.39, 0.29) is 18.5 Å². The highest BCUT2D eigenvalue weighted by molar-refractivity contribution is 5.93. The zero-order chi connectivity index (χ0) is 16.8. The molecule has 0 radical (unpaired) electrons. The van der Waals surface area contributed by atoms with Crippen LogP contribution in [0, 0.1) is 5.92 Å². The number of nitrogens with two attached hydrogens (primary N) is 1. The van der Waals surface area contributed by atoms with E-state index in [2.05, 4.69) is 15.5 Å². The molecule has 2 aliphatic heterocycles. The Morgan fingerprint density at radius 3 is 2.65 bits per heavy atom. The number of primary amides is 1. The summed E-state index contributed by atoms with van der Waals surface area (Å²) in [6, 6.07) is -0.309. The molecular weight excluding hydrogens is 300 g/mol. The number of urea groups is 1. The lowest BCUT2D eigenvalue weighted by Crippen LogP contribution is -2.47. The van der Waals surface area contributed by atoms with Crippen molar-refractivity contribution in [1.29, 1.82) is 0 Å². The van der Waals surface area contributed by atoms with Gasteiger partial charge >= 0.3 is 12.0 Å². The molecule has 1 saturated heterocycles. The molecule has 0 saturated carbocycles. The number of rotatable bonds is 6. The van der Waals surface area contributed by atoms with Gasteiger partial charge in [-0.2, -0.15) is 0 Å². The molecule has 8 heteroatoms. The average Bonchev–Trinajstić information content (AvgIpc) is 2.49. The van der Waals surface area contributed by atoms with Gasteiger partial charge in [-0.05, 0) is 38.8 Å². The second-order valence-corrected chi connectivity index (χ2v) is 5.88. The molecule has 1 fully saturated rings. The molecule has 0 atom stereocenters. The van der Waals surface area contributed by atoms with Gasteiger partial charge in [0.05, 0.1) is 18.7 Å². The van der Waals surface area contributed by atoms with Crippen molar-refractivity contribution in [3.05, 3.63) is 11.3 Å². The average molecular weight is 324 g/mol. The fourth-order valence-corrected chi connectivity index (χ4v) is 2.94. The summed E-state index contributed by atoms with van der Waals surface area (Å²) in [4.78, 5) is 36.7. The van der Waals surface area contributed by atoms with Crippen LogP contribution in [0.3, 0.4) is 0 Å². The molecule has 0 bridgehead atoms. The van der Waals surface area contributed by atoms with E-state index in [0.29, 0.717) is 36.8 Å². The molecular formula is C15H24N4O4. The molecule has 3 amide bonds. The van der Waals surface area contributed by atoms with E-state index in [1.54, 1.807) is 6.92 Å². The van der Waals surface area contributed by atoms with Crippen molar-refractivity contribution in [3.63, 3.8) is 0 Å². The number of amides is 3. The van der Waals surface area contributed by atoms with Gasteiger partial charge in [0.2, 0.25) is 5.91 Å². The SMILES string of the molecule is CCOC(=O)C1=C(CN2CCC(CC(N)=O)CC2)NC(=O)NC1. The largest absolute Gasteiger partial charge is 0.463 e. The quantitative estimate of drug-likeness (QED) is 0.581. The molecule has 0 unspecified atom stereocenters. The van der Waals surface area contributed by atoms with E-state index in [1.807, 2.05) is 0 Å². The summed E-state index contributed by atoms with van der Waals surface area (Å²) in [5, 5.41) is 5.30. The molecule has 0 spiro atoms. The van der Waals surface area contributed by atoms with Crippen LogP contribution >= 0.6 is 0 Å². The highest BCUT2D eigenvalue weighted by Crippen LogP contribution is 2.21. The highest BCUT2D eigenvalue weighted by Gasteiger charge is 2.27. The Hall–Kier alpha value is -2.09. The summed E-state index contributed by atoms with van der Waals surface area (Å²) in [6.07, 6.45) is 2.19. The Labute approximate surface area is 135 Å². The van der Waals surface area contributed by atoms with Crippen LogP contribution in [0.25, 0.3) is 0 Å². The summed E-state index contributed by atoms with van der Waals surface area (Å²) in [5.41, 5.74) is 6.30. The molecule has 2 aliphatic rings. The van der Waals surface area contributed by atoms with Gasteiger partial charge in [-0.3, -0.25) is 9.69 Å². The topological polar surface area (TPSA) is 114 Å². The van der Waals surface area contributed by atoms with E-state index < -0.39 is 5.97 Å². The first-order chi connectivity index (χ1) is 11.0. The minimum Gasteiger partial charge on any atom is -0.463 e. The summed E-state index contributed by atoms with van der Waals surface area (Å²) in [6.45, 7) is 4.32. The van der Waals surface area contributed by atoms with Crippen LogP contribution in [0.1, 0.15) is 26.2 Å². The molecule has 8 nitrogen and oxygen atoms in total. The number of nitrogens with one attached hydrogen (secondary N) is 2. The lowest BCUT2D eigenvalue weighted by Gasteiger charge is -2.33. The number of ether oxygens (including phenoxy) is 1. The summed E-state index contributed by atoms with van der Waals surface area (Å²) in [5.74, 6) is -0.343. The predicted octanol–water partition coefficient (Wildman–Crippen LogP) is -0.296. The Balaban J connectivity index is 1.97. The Morgan fingerprint density at radius 1 is 1.35 bits per heavy atom. The van der Waals surface area contributed by atoms with Gasteiger partial charge in [0.1, 0.15) is 0 Å². The second-order valence-electron chi connectivity index (χ2n) is 5.88. The van der Waals surface area contributed by atoms with Crippen LogP contribution in [0.4, 0.5) is 4.79 Å². The first-order valence-electron chi connectivity index (χ1n) is 7.94.